The van der Waals surface area contributed by atoms with Crippen LogP contribution in [-0.2, 0) is 17.8 Å². The lowest BCUT2D eigenvalue weighted by Crippen LogP contribution is -2.24. The summed E-state index contributed by atoms with van der Waals surface area (Å²) in [5.41, 5.74) is 1.66. The summed E-state index contributed by atoms with van der Waals surface area (Å²) in [4.78, 5) is 18.7. The van der Waals surface area contributed by atoms with Gasteiger partial charge in [0.1, 0.15) is 5.82 Å². The minimum Gasteiger partial charge on any atom is -0.493 e. The standard InChI is InChI=1S/C22H28F3N3O3/c1-4-28(5-2)20-10-7-17(13-26-20)14-27-21(29)11-8-16-6-9-18(19(12-16)30-3)31-15-22(23,24)25/h6-7,9-10,12-13H,4-5,8,11,14-15H2,1-3H3,(H,27,29). The number of rotatable bonds is 11. The van der Waals surface area contributed by atoms with Gasteiger partial charge >= 0.3 is 6.18 Å². The molecule has 0 unspecified atom stereocenters. The quantitative estimate of drug-likeness (QED) is 0.571. The molecular weight excluding hydrogens is 411 g/mol. The number of carbonyl (C=O) groups is 1. The normalized spacial score (nSPS) is 11.2. The fraction of sp³-hybridized carbons (Fsp3) is 0.455. The fourth-order valence-electron chi connectivity index (χ4n) is 2.95. The first kappa shape index (κ1) is 24.3. The van der Waals surface area contributed by atoms with Gasteiger partial charge in [0, 0.05) is 32.3 Å². The van der Waals surface area contributed by atoms with Gasteiger partial charge < -0.3 is 19.7 Å². The van der Waals surface area contributed by atoms with Gasteiger partial charge in [-0.05, 0) is 49.6 Å². The monoisotopic (exact) mass is 439 g/mol. The Hall–Kier alpha value is -2.97. The van der Waals surface area contributed by atoms with Gasteiger partial charge in [-0.15, -0.1) is 0 Å². The van der Waals surface area contributed by atoms with Crippen LogP contribution in [0.5, 0.6) is 11.5 Å². The Morgan fingerprint density at radius 3 is 2.39 bits per heavy atom. The summed E-state index contributed by atoms with van der Waals surface area (Å²) in [6.07, 6.45) is -2.03. The minimum absolute atomic E-state index is 0.00804. The number of aryl methyl sites for hydroxylation is 1. The fourth-order valence-corrected chi connectivity index (χ4v) is 2.95. The number of amides is 1. The van der Waals surface area contributed by atoms with E-state index in [0.717, 1.165) is 30.0 Å². The van der Waals surface area contributed by atoms with Crippen LogP contribution in [0.3, 0.4) is 0 Å². The van der Waals surface area contributed by atoms with Crippen molar-refractivity contribution in [2.75, 3.05) is 31.7 Å². The molecule has 0 radical (unpaired) electrons. The van der Waals surface area contributed by atoms with E-state index in [1.165, 1.54) is 13.2 Å². The molecule has 0 atom stereocenters. The molecule has 170 valence electrons. The van der Waals surface area contributed by atoms with Gasteiger partial charge in [-0.1, -0.05) is 12.1 Å². The van der Waals surface area contributed by atoms with E-state index in [1.807, 2.05) is 12.1 Å². The molecule has 2 aromatic rings. The second kappa shape index (κ2) is 11.4. The lowest BCUT2D eigenvalue weighted by molar-refractivity contribution is -0.153. The number of nitrogens with zero attached hydrogens (tertiary/aromatic N) is 2. The van der Waals surface area contributed by atoms with Crippen molar-refractivity contribution in [3.05, 3.63) is 47.7 Å². The maximum Gasteiger partial charge on any atom is 0.422 e. The number of anilines is 1. The third-order valence-electron chi connectivity index (χ3n) is 4.65. The largest absolute Gasteiger partial charge is 0.493 e. The van der Waals surface area contributed by atoms with Crippen LogP contribution >= 0.6 is 0 Å². The number of methoxy groups -OCH3 is 1. The van der Waals surface area contributed by atoms with Gasteiger partial charge in [-0.25, -0.2) is 4.98 Å². The van der Waals surface area contributed by atoms with E-state index in [-0.39, 0.29) is 23.8 Å². The van der Waals surface area contributed by atoms with E-state index < -0.39 is 12.8 Å². The number of nitrogens with one attached hydrogen (secondary N) is 1. The Labute approximate surface area is 180 Å². The molecule has 1 aromatic carbocycles. The summed E-state index contributed by atoms with van der Waals surface area (Å²) < 4.78 is 46.9. The molecule has 6 nitrogen and oxygen atoms in total. The van der Waals surface area contributed by atoms with Crippen molar-refractivity contribution in [1.82, 2.24) is 10.3 Å². The molecule has 1 heterocycles. The molecule has 1 aromatic heterocycles. The van der Waals surface area contributed by atoms with E-state index in [1.54, 1.807) is 18.3 Å². The molecule has 0 spiro atoms. The van der Waals surface area contributed by atoms with E-state index in [0.29, 0.717) is 13.0 Å². The van der Waals surface area contributed by atoms with E-state index in [9.17, 15) is 18.0 Å². The van der Waals surface area contributed by atoms with Gasteiger partial charge in [-0.2, -0.15) is 13.2 Å². The number of pyridine rings is 1. The van der Waals surface area contributed by atoms with Crippen LogP contribution in [0.25, 0.3) is 0 Å². The summed E-state index contributed by atoms with van der Waals surface area (Å²) in [5, 5.41) is 2.85. The van der Waals surface area contributed by atoms with Crippen LogP contribution in [-0.4, -0.2) is 43.9 Å². The number of aromatic nitrogens is 1. The Bertz CT molecular complexity index is 838. The Morgan fingerprint density at radius 2 is 1.81 bits per heavy atom. The molecule has 0 aliphatic heterocycles. The molecule has 0 aliphatic rings. The zero-order chi connectivity index (χ0) is 22.9. The second-order valence-corrected chi connectivity index (χ2v) is 6.86. The van der Waals surface area contributed by atoms with E-state index in [4.69, 9.17) is 9.47 Å². The first-order chi connectivity index (χ1) is 14.8. The highest BCUT2D eigenvalue weighted by Crippen LogP contribution is 2.30. The molecule has 2 rings (SSSR count). The Kier molecular flexibility index (Phi) is 8.96. The van der Waals surface area contributed by atoms with Crippen molar-refractivity contribution in [2.45, 2.75) is 39.4 Å². The zero-order valence-corrected chi connectivity index (χ0v) is 18.0. The van der Waals surface area contributed by atoms with Crippen molar-refractivity contribution >= 4 is 11.7 Å². The lowest BCUT2D eigenvalue weighted by Gasteiger charge is -2.19. The van der Waals surface area contributed by atoms with Crippen LogP contribution in [0, 0.1) is 0 Å². The van der Waals surface area contributed by atoms with Gasteiger partial charge in [0.25, 0.3) is 0 Å². The highest BCUT2D eigenvalue weighted by Gasteiger charge is 2.29. The van der Waals surface area contributed by atoms with Crippen LogP contribution in [0.2, 0.25) is 0 Å². The molecular formula is C22H28F3N3O3. The molecule has 0 aliphatic carbocycles. The van der Waals surface area contributed by atoms with Crippen molar-refractivity contribution in [3.63, 3.8) is 0 Å². The van der Waals surface area contributed by atoms with Crippen LogP contribution in [0.4, 0.5) is 19.0 Å². The lowest BCUT2D eigenvalue weighted by atomic mass is 10.1. The first-order valence-corrected chi connectivity index (χ1v) is 10.1. The topological polar surface area (TPSA) is 63.7 Å². The molecule has 0 saturated heterocycles. The summed E-state index contributed by atoms with van der Waals surface area (Å²) in [7, 11) is 1.35. The number of benzene rings is 1. The molecule has 0 saturated carbocycles. The highest BCUT2D eigenvalue weighted by molar-refractivity contribution is 5.76. The maximum atomic E-state index is 12.3. The van der Waals surface area contributed by atoms with Crippen LogP contribution < -0.4 is 19.7 Å². The number of hydrogen-bond acceptors (Lipinski definition) is 5. The summed E-state index contributed by atoms with van der Waals surface area (Å²) in [5.74, 6) is 0.969. The second-order valence-electron chi connectivity index (χ2n) is 6.86. The predicted molar refractivity (Wildman–Crippen MR) is 113 cm³/mol. The number of alkyl halides is 3. The minimum atomic E-state index is -4.43. The number of halogens is 3. The number of hydrogen-bond donors (Lipinski definition) is 1. The van der Waals surface area contributed by atoms with Gasteiger partial charge in [-0.3, -0.25) is 4.79 Å². The zero-order valence-electron chi connectivity index (χ0n) is 18.0. The molecule has 0 bridgehead atoms. The van der Waals surface area contributed by atoms with Crippen LogP contribution in [0.1, 0.15) is 31.4 Å². The van der Waals surface area contributed by atoms with E-state index in [2.05, 4.69) is 29.0 Å². The average Bonchev–Trinajstić information content (AvgIpc) is 2.76. The molecule has 1 amide bonds. The molecule has 31 heavy (non-hydrogen) atoms. The SMILES string of the molecule is CCN(CC)c1ccc(CNC(=O)CCc2ccc(OCC(F)(F)F)c(OC)c2)cn1. The Balaban J connectivity index is 1.84. The summed E-state index contributed by atoms with van der Waals surface area (Å²) in [6, 6.07) is 8.49. The van der Waals surface area contributed by atoms with Crippen molar-refractivity contribution < 1.29 is 27.4 Å². The van der Waals surface area contributed by atoms with Crippen molar-refractivity contribution in [3.8, 4) is 11.5 Å². The maximum absolute atomic E-state index is 12.3. The molecule has 0 fully saturated rings. The van der Waals surface area contributed by atoms with E-state index >= 15 is 0 Å². The average molecular weight is 439 g/mol. The molecule has 9 heteroatoms. The van der Waals surface area contributed by atoms with Crippen molar-refractivity contribution in [2.24, 2.45) is 0 Å². The summed E-state index contributed by atoms with van der Waals surface area (Å²) in [6.45, 7) is 4.86. The van der Waals surface area contributed by atoms with Crippen LogP contribution in [0.15, 0.2) is 36.5 Å². The Morgan fingerprint density at radius 1 is 1.10 bits per heavy atom. The number of ether oxygens (including phenoxy) is 2. The predicted octanol–water partition coefficient (Wildman–Crippen LogP) is 4.13. The van der Waals surface area contributed by atoms with Crippen molar-refractivity contribution in [1.29, 1.82) is 0 Å². The van der Waals surface area contributed by atoms with Gasteiger partial charge in [0.2, 0.25) is 5.91 Å². The third-order valence-corrected chi connectivity index (χ3v) is 4.65. The third kappa shape index (κ3) is 7.99. The number of carbonyl (C=O) groups excluding carboxylic acids is 1. The summed E-state index contributed by atoms with van der Waals surface area (Å²) >= 11 is 0. The molecule has 1 N–H and O–H groups in total. The smallest absolute Gasteiger partial charge is 0.422 e. The van der Waals surface area contributed by atoms with Gasteiger partial charge in [0.05, 0.1) is 7.11 Å². The highest BCUT2D eigenvalue weighted by atomic mass is 19.4. The first-order valence-electron chi connectivity index (χ1n) is 10.1. The van der Waals surface area contributed by atoms with Gasteiger partial charge in [0.15, 0.2) is 18.1 Å².